The molecular formula is C7H15N2OPY-2. The van der Waals surface area contributed by atoms with Crippen LogP contribution in [0.3, 0.4) is 0 Å². The van der Waals surface area contributed by atoms with Crippen molar-refractivity contribution in [3.63, 3.8) is 0 Å². The van der Waals surface area contributed by atoms with Crippen LogP contribution in [0.15, 0.2) is 0 Å². The predicted octanol–water partition coefficient (Wildman–Crippen LogP) is 0.249. The average Bonchev–Trinajstić information content (AvgIpc) is 1.88. The quantitative estimate of drug-likeness (QED) is 0.582. The van der Waals surface area contributed by atoms with Crippen LogP contribution in [0.2, 0.25) is 0 Å². The Morgan fingerprint density at radius 2 is 2.25 bits per heavy atom. The summed E-state index contributed by atoms with van der Waals surface area (Å²) in [5, 5.41) is 2.87. The molecule has 0 aliphatic rings. The monoisotopic (exact) mass is 263 g/mol. The van der Waals surface area contributed by atoms with E-state index in [0.29, 0.717) is 13.1 Å². The minimum atomic E-state index is -0.0394. The van der Waals surface area contributed by atoms with E-state index in [2.05, 4.69) is 28.3 Å². The number of amides is 1. The Balaban J connectivity index is 0. The van der Waals surface area contributed by atoms with Gasteiger partial charge in [-0.3, -0.25) is 4.79 Å². The molecule has 0 aromatic rings. The van der Waals surface area contributed by atoms with Crippen LogP contribution < -0.4 is 5.09 Å². The van der Waals surface area contributed by atoms with Gasteiger partial charge in [0.15, 0.2) is 0 Å². The van der Waals surface area contributed by atoms with Crippen molar-refractivity contribution in [2.75, 3.05) is 13.1 Å². The summed E-state index contributed by atoms with van der Waals surface area (Å²) >= 11 is 0. The summed E-state index contributed by atoms with van der Waals surface area (Å²) in [5.41, 5.74) is 0. The topological polar surface area (TPSA) is 32.3 Å². The number of carbonyl (C=O) groups excluding carboxylic acids is 1. The van der Waals surface area contributed by atoms with E-state index in [1.54, 1.807) is 4.90 Å². The van der Waals surface area contributed by atoms with Gasteiger partial charge in [0, 0.05) is 39.6 Å². The molecular weight excluding hydrogens is 248 g/mol. The molecule has 0 fully saturated rings. The van der Waals surface area contributed by atoms with Crippen LogP contribution in [0, 0.1) is 13.8 Å². The van der Waals surface area contributed by atoms with Crippen LogP contribution in [0.4, 0.5) is 0 Å². The van der Waals surface area contributed by atoms with Crippen molar-refractivity contribution in [3.05, 3.63) is 13.8 Å². The van der Waals surface area contributed by atoms with Gasteiger partial charge in [0.25, 0.3) is 0 Å². The zero-order valence-electron chi connectivity index (χ0n) is 7.42. The Morgan fingerprint density at radius 3 is 2.50 bits per heavy atom. The maximum Gasteiger partial charge on any atom is 0.214 e. The summed E-state index contributed by atoms with van der Waals surface area (Å²) < 4.78 is 0. The average molecular weight is 263 g/mol. The Hall–Kier alpha value is 0.964. The largest absolute Gasteiger partial charge is 0.399 e. The predicted molar refractivity (Wildman–Crippen MR) is 49.6 cm³/mol. The van der Waals surface area contributed by atoms with Gasteiger partial charge in [-0.25, -0.2) is 0 Å². The van der Waals surface area contributed by atoms with E-state index in [9.17, 15) is 4.79 Å². The molecule has 0 bridgehead atoms. The third kappa shape index (κ3) is 5.58. The van der Waals surface area contributed by atoms with Crippen LogP contribution in [0.25, 0.3) is 0 Å². The normalized spacial score (nSPS) is 11.7. The van der Waals surface area contributed by atoms with E-state index >= 15 is 0 Å². The second-order valence-electron chi connectivity index (χ2n) is 2.27. The summed E-state index contributed by atoms with van der Waals surface area (Å²) in [5.74, 6) is 0.0141. The molecule has 0 heterocycles. The van der Waals surface area contributed by atoms with Crippen LogP contribution in [0.1, 0.15) is 6.92 Å². The van der Waals surface area contributed by atoms with Crippen molar-refractivity contribution < 1.29 is 37.5 Å². The molecule has 0 aromatic heterocycles. The minimum absolute atomic E-state index is 0. The Kier molecular flexibility index (Phi) is 11.0. The molecule has 0 aliphatic carbocycles. The van der Waals surface area contributed by atoms with Crippen molar-refractivity contribution >= 4 is 15.3 Å². The third-order valence-electron chi connectivity index (χ3n) is 1.44. The van der Waals surface area contributed by atoms with Crippen LogP contribution in [-0.2, 0) is 37.5 Å². The van der Waals surface area contributed by atoms with Gasteiger partial charge < -0.3 is 23.8 Å². The molecule has 1 amide bonds. The number of carbonyl (C=O) groups is 1. The van der Waals surface area contributed by atoms with Crippen molar-refractivity contribution in [1.29, 1.82) is 0 Å². The van der Waals surface area contributed by atoms with Gasteiger partial charge in [-0.15, -0.1) is 6.54 Å². The smallest absolute Gasteiger partial charge is 0.214 e. The first-order valence-corrected chi connectivity index (χ1v) is 4.04. The second kappa shape index (κ2) is 8.56. The Morgan fingerprint density at radius 1 is 1.75 bits per heavy atom. The fourth-order valence-corrected chi connectivity index (χ4v) is 1.12. The molecule has 1 radical (unpaired) electrons. The van der Waals surface area contributed by atoms with E-state index in [4.69, 9.17) is 0 Å². The zero-order valence-corrected chi connectivity index (χ0v) is 11.4. The van der Waals surface area contributed by atoms with E-state index in [-0.39, 0.29) is 44.7 Å². The molecule has 0 aliphatic heterocycles. The fourth-order valence-electron chi connectivity index (χ4n) is 0.843. The van der Waals surface area contributed by atoms with Gasteiger partial charge >= 0.3 is 0 Å². The molecule has 3 nitrogen and oxygen atoms in total. The maximum absolute atomic E-state index is 10.9. The molecule has 0 saturated heterocycles. The van der Waals surface area contributed by atoms with Gasteiger partial charge in [0.2, 0.25) is 5.91 Å². The first kappa shape index (κ1) is 15.4. The SMILES string of the molecule is [CH2-]CN(C(C)=O)C([CH2-])CNP.[Y]. The number of hydrogen-bond acceptors (Lipinski definition) is 2. The number of hydrogen-bond donors (Lipinski definition) is 1. The number of nitrogens with zero attached hydrogens (tertiary/aromatic N) is 1. The van der Waals surface area contributed by atoms with Gasteiger partial charge in [0.1, 0.15) is 0 Å². The summed E-state index contributed by atoms with van der Waals surface area (Å²) in [6.07, 6.45) is 0. The molecule has 12 heavy (non-hydrogen) atoms. The molecule has 0 spiro atoms. The van der Waals surface area contributed by atoms with E-state index in [1.807, 2.05) is 0 Å². The number of nitrogens with one attached hydrogen (secondary N) is 1. The summed E-state index contributed by atoms with van der Waals surface area (Å²) in [7, 11) is 2.37. The Bertz CT molecular complexity index is 135. The molecule has 2 unspecified atom stereocenters. The summed E-state index contributed by atoms with van der Waals surface area (Å²) in [4.78, 5) is 12.5. The van der Waals surface area contributed by atoms with Crippen molar-refractivity contribution in [2.45, 2.75) is 13.0 Å². The van der Waals surface area contributed by atoms with Gasteiger partial charge in [-0.05, 0) is 6.54 Å². The minimum Gasteiger partial charge on any atom is -0.399 e. The van der Waals surface area contributed by atoms with E-state index in [1.165, 1.54) is 6.92 Å². The zero-order chi connectivity index (χ0) is 8.85. The standard InChI is InChI=1S/C7H15N2OP.Y/c1-4-9(7(3)10)6(2)5-8-11;/h6,8H,1-2,4-5,11H2,3H3;/q-2;. The Labute approximate surface area is 102 Å². The molecule has 2 atom stereocenters. The summed E-state index contributed by atoms with van der Waals surface area (Å²) in [6, 6.07) is -0.0394. The molecule has 69 valence electrons. The first-order valence-electron chi connectivity index (χ1n) is 3.46. The second-order valence-corrected chi connectivity index (χ2v) is 2.68. The van der Waals surface area contributed by atoms with Crippen LogP contribution in [0.5, 0.6) is 0 Å². The van der Waals surface area contributed by atoms with Gasteiger partial charge in [0.05, 0.1) is 0 Å². The van der Waals surface area contributed by atoms with Crippen molar-refractivity contribution in [3.8, 4) is 0 Å². The molecule has 0 aromatic carbocycles. The fraction of sp³-hybridized carbons (Fsp3) is 0.571. The summed E-state index contributed by atoms with van der Waals surface area (Å²) in [6.45, 7) is 10.1. The third-order valence-corrected chi connectivity index (χ3v) is 1.68. The van der Waals surface area contributed by atoms with Gasteiger partial charge in [-0.2, -0.15) is 0 Å². The van der Waals surface area contributed by atoms with Crippen LogP contribution >= 0.6 is 9.39 Å². The molecule has 0 saturated carbocycles. The first-order chi connectivity index (χ1) is 5.13. The molecule has 1 N–H and O–H groups in total. The van der Waals surface area contributed by atoms with Crippen molar-refractivity contribution in [1.82, 2.24) is 9.99 Å². The van der Waals surface area contributed by atoms with Crippen molar-refractivity contribution in [2.24, 2.45) is 0 Å². The maximum atomic E-state index is 10.9. The number of rotatable bonds is 4. The van der Waals surface area contributed by atoms with Crippen LogP contribution in [-0.4, -0.2) is 29.9 Å². The van der Waals surface area contributed by atoms with Gasteiger partial charge in [-0.1, -0.05) is 15.4 Å². The molecule has 0 rings (SSSR count). The van der Waals surface area contributed by atoms with E-state index in [0.717, 1.165) is 0 Å². The van der Waals surface area contributed by atoms with E-state index < -0.39 is 0 Å². The molecule has 5 heteroatoms.